The third-order valence-electron chi connectivity index (χ3n) is 1.64. The second-order valence-corrected chi connectivity index (χ2v) is 3.17. The largest absolute Gasteiger partial charge is 0.431 e. The summed E-state index contributed by atoms with van der Waals surface area (Å²) in [6, 6.07) is 4.56. The summed E-state index contributed by atoms with van der Waals surface area (Å²) >= 11 is 0. The van der Waals surface area contributed by atoms with Crippen LogP contribution in [0.4, 0.5) is 14.5 Å². The third kappa shape index (κ3) is 3.53. The summed E-state index contributed by atoms with van der Waals surface area (Å²) in [5, 5.41) is 2.30. The molecule has 0 aromatic heterocycles. The van der Waals surface area contributed by atoms with Crippen LogP contribution >= 0.6 is 0 Å². The van der Waals surface area contributed by atoms with E-state index in [4.69, 9.17) is 0 Å². The number of hydrogen-bond donors (Lipinski definition) is 1. The molecule has 1 rings (SSSR count). The first-order valence-corrected chi connectivity index (χ1v) is 4.30. The molecule has 5 heteroatoms. The minimum atomic E-state index is -3.27. The van der Waals surface area contributed by atoms with Crippen molar-refractivity contribution in [2.75, 3.05) is 5.32 Å². The molecular formula is C10H11F2NO2. The van der Waals surface area contributed by atoms with Gasteiger partial charge in [0.15, 0.2) is 0 Å². The zero-order valence-corrected chi connectivity index (χ0v) is 8.38. The van der Waals surface area contributed by atoms with Gasteiger partial charge in [0.25, 0.3) is 0 Å². The van der Waals surface area contributed by atoms with Gasteiger partial charge in [-0.25, -0.2) is 0 Å². The molecule has 0 fully saturated rings. The summed E-state index contributed by atoms with van der Waals surface area (Å²) in [5.74, 6) is -0.0554. The van der Waals surface area contributed by atoms with E-state index in [1.165, 1.54) is 6.07 Å². The lowest BCUT2D eigenvalue weighted by molar-refractivity contribution is -0.158. The van der Waals surface area contributed by atoms with E-state index in [1.54, 1.807) is 19.1 Å². The van der Waals surface area contributed by atoms with Gasteiger partial charge in [0, 0.05) is 6.92 Å². The Morgan fingerprint density at radius 1 is 1.47 bits per heavy atom. The van der Waals surface area contributed by atoms with Gasteiger partial charge in [-0.15, -0.1) is 0 Å². The lowest BCUT2D eigenvalue weighted by Crippen LogP contribution is -2.20. The molecule has 0 saturated carbocycles. The minimum Gasteiger partial charge on any atom is -0.431 e. The van der Waals surface area contributed by atoms with Crippen LogP contribution in [0.1, 0.15) is 12.5 Å². The lowest BCUT2D eigenvalue weighted by atomic mass is 10.2. The number of ether oxygens (including phenoxy) is 1. The van der Waals surface area contributed by atoms with Gasteiger partial charge in [-0.1, -0.05) is 6.07 Å². The van der Waals surface area contributed by atoms with Crippen LogP contribution in [0.15, 0.2) is 18.2 Å². The van der Waals surface area contributed by atoms with Gasteiger partial charge < -0.3 is 10.1 Å². The number of halogens is 2. The number of hydrogen-bond acceptors (Lipinski definition) is 2. The molecule has 0 spiro atoms. The van der Waals surface area contributed by atoms with Crippen molar-refractivity contribution >= 4 is 12.1 Å². The molecule has 0 bridgehead atoms. The van der Waals surface area contributed by atoms with Gasteiger partial charge in [-0.2, -0.15) is 8.78 Å². The Hall–Kier alpha value is -1.65. The van der Waals surface area contributed by atoms with Crippen molar-refractivity contribution in [2.24, 2.45) is 0 Å². The maximum Gasteiger partial charge on any atom is 0.394 e. The summed E-state index contributed by atoms with van der Waals surface area (Å²) in [5.41, 5.74) is 1.07. The highest BCUT2D eigenvalue weighted by Crippen LogP contribution is 2.29. The van der Waals surface area contributed by atoms with E-state index in [0.29, 0.717) is 13.3 Å². The number of carbonyl (C=O) groups is 1. The van der Waals surface area contributed by atoms with Crippen molar-refractivity contribution in [3.05, 3.63) is 23.8 Å². The summed E-state index contributed by atoms with van der Waals surface area (Å²) < 4.78 is 29.6. The van der Waals surface area contributed by atoms with Crippen LogP contribution in [0.2, 0.25) is 0 Å². The van der Waals surface area contributed by atoms with Crippen molar-refractivity contribution in [3.63, 3.8) is 0 Å². The smallest absolute Gasteiger partial charge is 0.394 e. The molecule has 15 heavy (non-hydrogen) atoms. The first-order valence-electron chi connectivity index (χ1n) is 4.30. The van der Waals surface area contributed by atoms with Crippen LogP contribution < -0.4 is 10.1 Å². The summed E-state index contributed by atoms with van der Waals surface area (Å²) in [4.78, 5) is 10.2. The van der Waals surface area contributed by atoms with E-state index in [-0.39, 0.29) is 11.4 Å². The fourth-order valence-corrected chi connectivity index (χ4v) is 1.10. The SMILES string of the molecule is Cc1ccc(OC(C)(F)F)c(NC=O)c1. The number of nitrogens with one attached hydrogen (secondary N) is 1. The number of anilines is 1. The Morgan fingerprint density at radius 2 is 2.13 bits per heavy atom. The van der Waals surface area contributed by atoms with Crippen LogP contribution in [0.5, 0.6) is 5.75 Å². The molecule has 1 aromatic carbocycles. The molecule has 0 atom stereocenters. The number of alkyl halides is 2. The second kappa shape index (κ2) is 4.25. The monoisotopic (exact) mass is 215 g/mol. The highest BCUT2D eigenvalue weighted by molar-refractivity contribution is 5.75. The van der Waals surface area contributed by atoms with Gasteiger partial charge in [-0.05, 0) is 24.6 Å². The van der Waals surface area contributed by atoms with Gasteiger partial charge in [0.2, 0.25) is 6.41 Å². The maximum absolute atomic E-state index is 12.6. The fourth-order valence-electron chi connectivity index (χ4n) is 1.10. The normalized spacial score (nSPS) is 10.9. The standard InChI is InChI=1S/C10H11F2NO2/c1-7-3-4-9(15-10(2,11)12)8(5-7)13-6-14/h3-6H,1-2H3,(H,13,14). The Bertz CT molecular complexity index is 361. The molecule has 1 N–H and O–H groups in total. The zero-order valence-electron chi connectivity index (χ0n) is 8.38. The van der Waals surface area contributed by atoms with Gasteiger partial charge in [-0.3, -0.25) is 4.79 Å². The predicted octanol–water partition coefficient (Wildman–Crippen LogP) is 2.55. The van der Waals surface area contributed by atoms with Crippen LogP contribution in [0.25, 0.3) is 0 Å². The molecule has 0 aliphatic heterocycles. The van der Waals surface area contributed by atoms with Crippen LogP contribution in [0.3, 0.4) is 0 Å². The summed E-state index contributed by atoms with van der Waals surface area (Å²) in [7, 11) is 0. The predicted molar refractivity (Wildman–Crippen MR) is 52.1 cm³/mol. The first-order chi connectivity index (χ1) is 6.92. The average Bonchev–Trinajstić information content (AvgIpc) is 2.08. The molecule has 0 radical (unpaired) electrons. The molecule has 1 aromatic rings. The fraction of sp³-hybridized carbons (Fsp3) is 0.300. The molecule has 1 amide bonds. The molecule has 0 heterocycles. The van der Waals surface area contributed by atoms with E-state index in [0.717, 1.165) is 5.56 Å². The minimum absolute atomic E-state index is 0.0554. The first kappa shape index (κ1) is 11.4. The highest BCUT2D eigenvalue weighted by Gasteiger charge is 2.24. The molecule has 82 valence electrons. The number of rotatable bonds is 4. The summed E-state index contributed by atoms with van der Waals surface area (Å²) in [6.45, 7) is 2.42. The quantitative estimate of drug-likeness (QED) is 0.784. The number of aryl methyl sites for hydroxylation is 1. The Morgan fingerprint density at radius 3 is 2.67 bits per heavy atom. The Labute approximate surface area is 86.0 Å². The molecule has 3 nitrogen and oxygen atoms in total. The lowest BCUT2D eigenvalue weighted by Gasteiger charge is -2.16. The zero-order chi connectivity index (χ0) is 11.5. The van der Waals surface area contributed by atoms with E-state index < -0.39 is 6.11 Å². The molecule has 0 aliphatic carbocycles. The van der Waals surface area contributed by atoms with E-state index >= 15 is 0 Å². The molecular weight excluding hydrogens is 204 g/mol. The number of carbonyl (C=O) groups excluding carboxylic acids is 1. The molecule has 0 aliphatic rings. The topological polar surface area (TPSA) is 38.3 Å². The van der Waals surface area contributed by atoms with E-state index in [2.05, 4.69) is 10.1 Å². The van der Waals surface area contributed by atoms with Crippen molar-refractivity contribution in [3.8, 4) is 5.75 Å². The summed E-state index contributed by atoms with van der Waals surface area (Å²) in [6.07, 6.45) is -2.86. The van der Waals surface area contributed by atoms with Gasteiger partial charge in [0.1, 0.15) is 5.75 Å². The second-order valence-electron chi connectivity index (χ2n) is 3.17. The molecule has 0 unspecified atom stereocenters. The van der Waals surface area contributed by atoms with Crippen molar-refractivity contribution < 1.29 is 18.3 Å². The maximum atomic E-state index is 12.6. The third-order valence-corrected chi connectivity index (χ3v) is 1.64. The van der Waals surface area contributed by atoms with E-state index in [1.807, 2.05) is 0 Å². The van der Waals surface area contributed by atoms with Crippen molar-refractivity contribution in [1.82, 2.24) is 0 Å². The average molecular weight is 215 g/mol. The van der Waals surface area contributed by atoms with Crippen LogP contribution in [-0.2, 0) is 4.79 Å². The van der Waals surface area contributed by atoms with E-state index in [9.17, 15) is 13.6 Å². The highest BCUT2D eigenvalue weighted by atomic mass is 19.3. The number of amides is 1. The Balaban J connectivity index is 3.00. The van der Waals surface area contributed by atoms with Crippen LogP contribution in [-0.4, -0.2) is 12.5 Å². The van der Waals surface area contributed by atoms with Crippen LogP contribution in [0, 0.1) is 6.92 Å². The van der Waals surface area contributed by atoms with Crippen molar-refractivity contribution in [1.29, 1.82) is 0 Å². The molecule has 0 saturated heterocycles. The van der Waals surface area contributed by atoms with Crippen molar-refractivity contribution in [2.45, 2.75) is 20.0 Å². The Kier molecular flexibility index (Phi) is 3.24. The van der Waals surface area contributed by atoms with Gasteiger partial charge in [0.05, 0.1) is 5.69 Å². The number of benzene rings is 1. The van der Waals surface area contributed by atoms with Gasteiger partial charge >= 0.3 is 6.11 Å².